The molecule has 3 aromatic rings. The maximum Gasteiger partial charge on any atom is 0.243 e. The Kier molecular flexibility index (Phi) is 5.37. The average Bonchev–Trinajstić information content (AvgIpc) is 3.18. The number of carbonyl (C=O) groups excluding carboxylic acids is 1. The van der Waals surface area contributed by atoms with Crippen molar-refractivity contribution in [3.05, 3.63) is 70.2 Å². The summed E-state index contributed by atoms with van der Waals surface area (Å²) in [6, 6.07) is 12.6. The zero-order chi connectivity index (χ0) is 22.5. The van der Waals surface area contributed by atoms with E-state index in [1.54, 1.807) is 28.6 Å². The van der Waals surface area contributed by atoms with Gasteiger partial charge in [0.05, 0.1) is 33.1 Å². The molecule has 2 aromatic carbocycles. The summed E-state index contributed by atoms with van der Waals surface area (Å²) in [5.41, 5.74) is 6.60. The first-order valence-corrected chi connectivity index (χ1v) is 12.7. The summed E-state index contributed by atoms with van der Waals surface area (Å²) < 4.78 is 28.2. The Bertz CT molecular complexity index is 1310. The van der Waals surface area contributed by atoms with Crippen molar-refractivity contribution in [2.75, 3.05) is 32.8 Å². The lowest BCUT2D eigenvalue weighted by atomic mass is 9.92. The number of amides is 1. The Balaban J connectivity index is 1.22. The van der Waals surface area contributed by atoms with Crippen molar-refractivity contribution in [2.24, 2.45) is 0 Å². The van der Waals surface area contributed by atoms with Gasteiger partial charge in [0.15, 0.2) is 0 Å². The number of aliphatic hydroxyl groups excluding tert-OH is 1. The molecule has 166 valence electrons. The third kappa shape index (κ3) is 3.65. The molecule has 32 heavy (non-hydrogen) atoms. The molecule has 0 radical (unpaired) electrons. The fourth-order valence-electron chi connectivity index (χ4n) is 4.06. The first kappa shape index (κ1) is 21.3. The van der Waals surface area contributed by atoms with Crippen LogP contribution in [-0.2, 0) is 14.8 Å². The Morgan fingerprint density at radius 2 is 1.78 bits per heavy atom. The molecule has 0 saturated carbocycles. The predicted octanol–water partition coefficient (Wildman–Crippen LogP) is 2.52. The van der Waals surface area contributed by atoms with E-state index in [1.165, 1.54) is 15.6 Å². The Morgan fingerprint density at radius 3 is 2.47 bits per heavy atom. The van der Waals surface area contributed by atoms with Gasteiger partial charge in [0.25, 0.3) is 0 Å². The highest BCUT2D eigenvalue weighted by molar-refractivity contribution is 7.89. The van der Waals surface area contributed by atoms with E-state index in [-0.39, 0.29) is 17.4 Å². The second-order valence-electron chi connectivity index (χ2n) is 8.30. The number of aliphatic hydroxyl groups is 1. The van der Waals surface area contributed by atoms with Crippen LogP contribution in [0.4, 0.5) is 0 Å². The predicted molar refractivity (Wildman–Crippen MR) is 123 cm³/mol. The molecule has 5 rings (SSSR count). The molecule has 9 heteroatoms. The number of hydrogen-bond acceptors (Lipinski definition) is 6. The quantitative estimate of drug-likeness (QED) is 0.580. The number of rotatable bonds is 5. The minimum Gasteiger partial charge on any atom is -0.395 e. The molecule has 1 aromatic heterocycles. The molecular formula is C23H23N3O4S2. The van der Waals surface area contributed by atoms with Gasteiger partial charge in [-0.25, -0.2) is 13.4 Å². The van der Waals surface area contributed by atoms with Gasteiger partial charge in [-0.3, -0.25) is 4.79 Å². The summed E-state index contributed by atoms with van der Waals surface area (Å²) >= 11 is 1.42. The van der Waals surface area contributed by atoms with Crippen LogP contribution in [0.5, 0.6) is 0 Å². The van der Waals surface area contributed by atoms with Crippen molar-refractivity contribution >= 4 is 37.5 Å². The molecule has 0 bridgehead atoms. The molecule has 0 spiro atoms. The minimum absolute atomic E-state index is 0.0950. The van der Waals surface area contributed by atoms with Crippen LogP contribution in [0.25, 0.3) is 10.2 Å². The average molecular weight is 470 g/mol. The number of benzene rings is 2. The molecular weight excluding hydrogens is 446 g/mol. The molecule has 2 fully saturated rings. The van der Waals surface area contributed by atoms with Crippen LogP contribution in [-0.4, -0.2) is 66.4 Å². The lowest BCUT2D eigenvalue weighted by Gasteiger charge is -2.42. The minimum atomic E-state index is -3.54. The molecule has 2 aliphatic heterocycles. The lowest BCUT2D eigenvalue weighted by molar-refractivity contribution is -0.135. The largest absolute Gasteiger partial charge is 0.395 e. The van der Waals surface area contributed by atoms with Gasteiger partial charge in [0, 0.05) is 26.2 Å². The van der Waals surface area contributed by atoms with Crippen LogP contribution in [0.15, 0.2) is 64.0 Å². The van der Waals surface area contributed by atoms with Gasteiger partial charge in [0.1, 0.15) is 0 Å². The number of sulfonamides is 1. The third-order valence-electron chi connectivity index (χ3n) is 6.21. The zero-order valence-corrected chi connectivity index (χ0v) is 19.2. The van der Waals surface area contributed by atoms with Crippen molar-refractivity contribution < 1.29 is 18.3 Å². The molecule has 2 aliphatic rings. The van der Waals surface area contributed by atoms with Gasteiger partial charge in [-0.2, -0.15) is 4.31 Å². The third-order valence-corrected chi connectivity index (χ3v) is 8.79. The smallest absolute Gasteiger partial charge is 0.243 e. The number of nitrogens with zero attached hydrogens (tertiary/aromatic N) is 3. The van der Waals surface area contributed by atoms with E-state index in [4.69, 9.17) is 0 Å². The molecule has 7 nitrogen and oxygen atoms in total. The van der Waals surface area contributed by atoms with Crippen LogP contribution in [0.1, 0.15) is 17.0 Å². The molecule has 2 saturated heterocycles. The fraction of sp³-hybridized carbons (Fsp3) is 0.304. The second-order valence-corrected chi connectivity index (χ2v) is 11.1. The highest BCUT2D eigenvalue weighted by Gasteiger charge is 2.39. The SMILES string of the molecule is Cc1ccc(C(CO)C(=O)N2CC(=C3CN(S(=O)(=O)c4ccc5ncsc5c4)C3)C2)cc1. The summed E-state index contributed by atoms with van der Waals surface area (Å²) in [6.45, 7) is 3.46. The Morgan fingerprint density at radius 1 is 1.09 bits per heavy atom. The Hall–Kier alpha value is -2.59. The van der Waals surface area contributed by atoms with Crippen molar-refractivity contribution in [1.29, 1.82) is 0 Å². The van der Waals surface area contributed by atoms with Gasteiger partial charge in [-0.1, -0.05) is 29.8 Å². The topological polar surface area (TPSA) is 90.8 Å². The molecule has 1 atom stereocenters. The normalized spacial score (nSPS) is 17.9. The summed E-state index contributed by atoms with van der Waals surface area (Å²) in [4.78, 5) is 19.0. The lowest BCUT2D eigenvalue weighted by Crippen LogP contribution is -2.52. The van der Waals surface area contributed by atoms with Crippen LogP contribution >= 0.6 is 11.3 Å². The van der Waals surface area contributed by atoms with E-state index >= 15 is 0 Å². The van der Waals surface area contributed by atoms with E-state index in [9.17, 15) is 18.3 Å². The van der Waals surface area contributed by atoms with E-state index in [1.807, 2.05) is 31.2 Å². The van der Waals surface area contributed by atoms with Crippen LogP contribution in [0, 0.1) is 6.92 Å². The highest BCUT2D eigenvalue weighted by atomic mass is 32.2. The molecule has 1 N–H and O–H groups in total. The van der Waals surface area contributed by atoms with Gasteiger partial charge in [-0.15, -0.1) is 11.3 Å². The molecule has 0 aliphatic carbocycles. The summed E-state index contributed by atoms with van der Waals surface area (Å²) in [7, 11) is -3.54. The number of carbonyl (C=O) groups is 1. The van der Waals surface area contributed by atoms with Crippen LogP contribution in [0.3, 0.4) is 0 Å². The molecule has 1 unspecified atom stereocenters. The number of aryl methyl sites for hydroxylation is 1. The number of likely N-dealkylation sites (tertiary alicyclic amines) is 1. The fourth-order valence-corrected chi connectivity index (χ4v) is 6.30. The Labute approximate surface area is 190 Å². The zero-order valence-electron chi connectivity index (χ0n) is 17.6. The van der Waals surface area contributed by atoms with E-state index < -0.39 is 15.9 Å². The second kappa shape index (κ2) is 8.08. The van der Waals surface area contributed by atoms with Gasteiger partial charge >= 0.3 is 0 Å². The van der Waals surface area contributed by atoms with Crippen molar-refractivity contribution in [1.82, 2.24) is 14.2 Å². The van der Waals surface area contributed by atoms with Crippen LogP contribution < -0.4 is 0 Å². The number of hydrogen-bond donors (Lipinski definition) is 1. The first-order valence-electron chi connectivity index (χ1n) is 10.4. The van der Waals surface area contributed by atoms with Gasteiger partial charge < -0.3 is 10.0 Å². The van der Waals surface area contributed by atoms with Crippen molar-refractivity contribution in [3.63, 3.8) is 0 Å². The monoisotopic (exact) mass is 469 g/mol. The summed E-state index contributed by atoms with van der Waals surface area (Å²) in [5.74, 6) is -0.663. The number of fused-ring (bicyclic) bond motifs is 1. The van der Waals surface area contributed by atoms with Crippen molar-refractivity contribution in [2.45, 2.75) is 17.7 Å². The highest BCUT2D eigenvalue weighted by Crippen LogP contribution is 2.33. The van der Waals surface area contributed by atoms with Crippen molar-refractivity contribution in [3.8, 4) is 0 Å². The molecule has 1 amide bonds. The standard InChI is InChI=1S/C23H23N3O4S2/c1-15-2-4-16(5-3-15)20(13-27)23(28)25-9-17(10-25)18-11-26(12-18)32(29,30)19-6-7-21-22(8-19)31-14-24-21/h2-8,14,20,27H,9-13H2,1H3. The maximum atomic E-state index is 12.9. The van der Waals surface area contributed by atoms with E-state index in [2.05, 4.69) is 4.98 Å². The number of aromatic nitrogens is 1. The van der Waals surface area contributed by atoms with E-state index in [0.717, 1.165) is 32.5 Å². The first-order chi connectivity index (χ1) is 15.4. The van der Waals surface area contributed by atoms with Gasteiger partial charge in [0.2, 0.25) is 15.9 Å². The molecule has 3 heterocycles. The van der Waals surface area contributed by atoms with Gasteiger partial charge in [-0.05, 0) is 41.8 Å². The number of thiazole rings is 1. The van der Waals surface area contributed by atoms with E-state index in [0.29, 0.717) is 26.2 Å². The van der Waals surface area contributed by atoms with Crippen LogP contribution in [0.2, 0.25) is 0 Å². The summed E-state index contributed by atoms with van der Waals surface area (Å²) in [6.07, 6.45) is 0. The maximum absolute atomic E-state index is 12.9. The summed E-state index contributed by atoms with van der Waals surface area (Å²) in [5, 5.41) is 9.77.